The third-order valence-electron chi connectivity index (χ3n) is 2.61. The molecule has 4 nitrogen and oxygen atoms in total. The lowest BCUT2D eigenvalue weighted by atomic mass is 10.1. The maximum atomic E-state index is 8.65. The first-order valence-corrected chi connectivity index (χ1v) is 5.38. The quantitative estimate of drug-likeness (QED) is 0.769. The molecule has 1 aliphatic rings. The van der Waals surface area contributed by atoms with Crippen molar-refractivity contribution in [3.8, 4) is 0 Å². The van der Waals surface area contributed by atoms with Crippen molar-refractivity contribution in [3.05, 3.63) is 35.4 Å². The normalized spacial score (nSPS) is 23.6. The minimum atomic E-state index is -0.504. The molecule has 1 aliphatic heterocycles. The minimum absolute atomic E-state index is 0.0198. The summed E-state index contributed by atoms with van der Waals surface area (Å²) >= 11 is 0. The van der Waals surface area contributed by atoms with E-state index in [0.29, 0.717) is 13.2 Å². The van der Waals surface area contributed by atoms with Crippen molar-refractivity contribution in [3.63, 3.8) is 0 Å². The molecule has 0 radical (unpaired) electrons. The Balaban J connectivity index is 2.12. The third-order valence-corrected chi connectivity index (χ3v) is 2.61. The number of hydrogen-bond donors (Lipinski definition) is 2. The lowest BCUT2D eigenvalue weighted by Crippen LogP contribution is -2.19. The van der Waals surface area contributed by atoms with Gasteiger partial charge in [-0.15, -0.1) is 0 Å². The second-order valence-corrected chi connectivity index (χ2v) is 4.40. The summed E-state index contributed by atoms with van der Waals surface area (Å²) in [6, 6.07) is 7.93. The van der Waals surface area contributed by atoms with E-state index in [-0.39, 0.29) is 6.10 Å². The monoisotopic (exact) mass is 223 g/mol. The van der Waals surface area contributed by atoms with Crippen LogP contribution in [-0.2, 0) is 16.0 Å². The fourth-order valence-corrected chi connectivity index (χ4v) is 1.85. The number of hydrogen-bond acceptors (Lipinski definition) is 4. The Labute approximate surface area is 95.1 Å². The molecule has 1 saturated heterocycles. The molecule has 1 heterocycles. The summed E-state index contributed by atoms with van der Waals surface area (Å²) < 4.78 is 11.3. The van der Waals surface area contributed by atoms with E-state index in [4.69, 9.17) is 14.7 Å². The highest BCUT2D eigenvalue weighted by atomic mass is 16.7. The maximum Gasteiger partial charge on any atom is 0.163 e. The zero-order chi connectivity index (χ0) is 11.6. The number of rotatable bonds is 3. The molecule has 4 heteroatoms. The van der Waals surface area contributed by atoms with E-state index in [0.717, 1.165) is 11.1 Å². The average molecular weight is 223 g/mol. The molecular formula is C12H17NO3. The molecule has 1 fully saturated rings. The molecule has 0 amide bonds. The van der Waals surface area contributed by atoms with Crippen LogP contribution in [0.1, 0.15) is 31.1 Å². The highest BCUT2D eigenvalue weighted by Gasteiger charge is 2.33. The maximum absolute atomic E-state index is 8.65. The lowest BCUT2D eigenvalue weighted by Gasteiger charge is -2.17. The van der Waals surface area contributed by atoms with Gasteiger partial charge >= 0.3 is 0 Å². The number of ether oxygens (including phenoxy) is 2. The highest BCUT2D eigenvalue weighted by molar-refractivity contribution is 5.25. The van der Waals surface area contributed by atoms with E-state index >= 15 is 0 Å². The van der Waals surface area contributed by atoms with Crippen LogP contribution in [0.5, 0.6) is 0 Å². The van der Waals surface area contributed by atoms with Gasteiger partial charge in [-0.3, -0.25) is 0 Å². The van der Waals surface area contributed by atoms with Crippen molar-refractivity contribution in [2.24, 2.45) is 0 Å². The van der Waals surface area contributed by atoms with Crippen molar-refractivity contribution >= 4 is 0 Å². The minimum Gasteiger partial charge on any atom is -0.347 e. The largest absolute Gasteiger partial charge is 0.347 e. The zero-order valence-corrected chi connectivity index (χ0v) is 9.56. The van der Waals surface area contributed by atoms with Crippen LogP contribution in [0.2, 0.25) is 0 Å². The predicted octanol–water partition coefficient (Wildman–Crippen LogP) is 1.99. The molecule has 1 unspecified atom stereocenters. The van der Waals surface area contributed by atoms with Gasteiger partial charge in [-0.2, -0.15) is 0 Å². The van der Waals surface area contributed by atoms with Crippen molar-refractivity contribution in [1.82, 2.24) is 5.48 Å². The van der Waals surface area contributed by atoms with Gasteiger partial charge in [0.05, 0.1) is 6.61 Å². The average Bonchev–Trinajstić information content (AvgIpc) is 2.60. The van der Waals surface area contributed by atoms with E-state index < -0.39 is 5.79 Å². The fourth-order valence-electron chi connectivity index (χ4n) is 1.85. The van der Waals surface area contributed by atoms with Crippen molar-refractivity contribution in [2.75, 3.05) is 6.61 Å². The molecule has 0 bridgehead atoms. The summed E-state index contributed by atoms with van der Waals surface area (Å²) in [6.07, 6.45) is -0.0198. The number of nitrogens with one attached hydrogen (secondary N) is 1. The van der Waals surface area contributed by atoms with Gasteiger partial charge in [0.15, 0.2) is 5.79 Å². The highest BCUT2D eigenvalue weighted by Crippen LogP contribution is 2.32. The van der Waals surface area contributed by atoms with Crippen LogP contribution in [0, 0.1) is 0 Å². The molecular weight excluding hydrogens is 206 g/mol. The van der Waals surface area contributed by atoms with Gasteiger partial charge in [-0.05, 0) is 25.0 Å². The van der Waals surface area contributed by atoms with E-state index in [9.17, 15) is 0 Å². The van der Waals surface area contributed by atoms with E-state index in [2.05, 4.69) is 5.48 Å². The molecule has 0 spiro atoms. The first-order valence-electron chi connectivity index (χ1n) is 5.38. The smallest absolute Gasteiger partial charge is 0.163 e. The van der Waals surface area contributed by atoms with Gasteiger partial charge in [-0.25, -0.2) is 5.48 Å². The zero-order valence-electron chi connectivity index (χ0n) is 9.56. The Kier molecular flexibility index (Phi) is 3.25. The second-order valence-electron chi connectivity index (χ2n) is 4.40. The molecule has 0 aromatic heterocycles. The summed E-state index contributed by atoms with van der Waals surface area (Å²) in [5, 5.41) is 8.65. The van der Waals surface area contributed by atoms with Crippen LogP contribution < -0.4 is 5.48 Å². The first kappa shape index (κ1) is 11.5. The van der Waals surface area contributed by atoms with Gasteiger partial charge < -0.3 is 14.7 Å². The van der Waals surface area contributed by atoms with Gasteiger partial charge in [0.25, 0.3) is 0 Å². The number of benzene rings is 1. The molecule has 2 N–H and O–H groups in total. The second kappa shape index (κ2) is 4.51. The van der Waals surface area contributed by atoms with E-state index in [1.54, 1.807) is 0 Å². The van der Waals surface area contributed by atoms with Gasteiger partial charge in [-0.1, -0.05) is 24.3 Å². The van der Waals surface area contributed by atoms with Gasteiger partial charge in [0.1, 0.15) is 6.10 Å². The molecule has 88 valence electrons. The predicted molar refractivity (Wildman–Crippen MR) is 58.9 cm³/mol. The van der Waals surface area contributed by atoms with Crippen molar-refractivity contribution < 1.29 is 14.7 Å². The van der Waals surface area contributed by atoms with E-state index in [1.807, 2.05) is 38.1 Å². The Morgan fingerprint density at radius 2 is 2.31 bits per heavy atom. The Bertz CT molecular complexity index is 365. The molecule has 0 saturated carbocycles. The summed E-state index contributed by atoms with van der Waals surface area (Å²) in [5.74, 6) is -0.504. The first-order chi connectivity index (χ1) is 7.61. The Morgan fingerprint density at radius 1 is 1.50 bits per heavy atom. The van der Waals surface area contributed by atoms with E-state index in [1.165, 1.54) is 0 Å². The van der Waals surface area contributed by atoms with Crippen LogP contribution in [0.3, 0.4) is 0 Å². The van der Waals surface area contributed by atoms with Crippen molar-refractivity contribution in [1.29, 1.82) is 0 Å². The molecule has 1 atom stereocenters. The van der Waals surface area contributed by atoms with Crippen molar-refractivity contribution in [2.45, 2.75) is 32.3 Å². The molecule has 2 rings (SSSR count). The molecule has 1 aromatic rings. The molecule has 1 aromatic carbocycles. The standard InChI is InChI=1S/C12H17NO3/c1-12(2)15-8-11(16-12)10-5-3-4-9(6-10)7-13-14/h3-6,11,13-14H,7-8H2,1-2H3. The summed E-state index contributed by atoms with van der Waals surface area (Å²) in [5.41, 5.74) is 4.25. The molecule has 0 aliphatic carbocycles. The topological polar surface area (TPSA) is 50.7 Å². The van der Waals surface area contributed by atoms with Crippen LogP contribution in [0.4, 0.5) is 0 Å². The summed E-state index contributed by atoms with van der Waals surface area (Å²) in [4.78, 5) is 0. The fraction of sp³-hybridized carbons (Fsp3) is 0.500. The van der Waals surface area contributed by atoms with Crippen LogP contribution >= 0.6 is 0 Å². The summed E-state index contributed by atoms with van der Waals surface area (Å²) in [7, 11) is 0. The summed E-state index contributed by atoms with van der Waals surface area (Å²) in [6.45, 7) is 4.83. The van der Waals surface area contributed by atoms with Crippen LogP contribution in [0.25, 0.3) is 0 Å². The lowest BCUT2D eigenvalue weighted by molar-refractivity contribution is -0.139. The van der Waals surface area contributed by atoms with Crippen LogP contribution in [0.15, 0.2) is 24.3 Å². The van der Waals surface area contributed by atoms with Gasteiger partial charge in [0, 0.05) is 6.54 Å². The Morgan fingerprint density at radius 3 is 2.94 bits per heavy atom. The molecule has 16 heavy (non-hydrogen) atoms. The van der Waals surface area contributed by atoms with Crippen LogP contribution in [-0.4, -0.2) is 17.6 Å². The van der Waals surface area contributed by atoms with Gasteiger partial charge in [0.2, 0.25) is 0 Å². The Hall–Kier alpha value is -0.940. The third kappa shape index (κ3) is 2.59. The SMILES string of the molecule is CC1(C)OCC(c2cccc(CNO)c2)O1. The number of hydroxylamine groups is 1.